The first kappa shape index (κ1) is 21.7. The molecule has 4 aromatic carbocycles. The van der Waals surface area contributed by atoms with Crippen molar-refractivity contribution in [2.24, 2.45) is 4.99 Å². The molecule has 4 aromatic rings. The van der Waals surface area contributed by atoms with E-state index in [9.17, 15) is 0 Å². The van der Waals surface area contributed by atoms with Crippen LogP contribution in [-0.4, -0.2) is 43.3 Å². The zero-order valence-electron chi connectivity index (χ0n) is 20.9. The minimum Gasteiger partial charge on any atom is -0.446 e. The minimum absolute atomic E-state index is 0.0370. The second kappa shape index (κ2) is 7.99. The quantitative estimate of drug-likeness (QED) is 0.333. The summed E-state index contributed by atoms with van der Waals surface area (Å²) in [5.41, 5.74) is 6.06. The molecule has 0 saturated heterocycles. The van der Waals surface area contributed by atoms with Crippen molar-refractivity contribution in [1.82, 2.24) is 0 Å². The summed E-state index contributed by atoms with van der Waals surface area (Å²) in [6.45, 7) is 4.52. The lowest BCUT2D eigenvalue weighted by molar-refractivity contribution is -0.530. The summed E-state index contributed by atoms with van der Waals surface area (Å²) in [4.78, 5) is 4.88. The molecule has 5 nitrogen and oxygen atoms in total. The second-order valence-electron chi connectivity index (χ2n) is 10.2. The number of fused-ring (bicyclic) bond motifs is 10. The summed E-state index contributed by atoms with van der Waals surface area (Å²) < 4.78 is 21.0. The van der Waals surface area contributed by atoms with Crippen molar-refractivity contribution in [2.75, 3.05) is 14.2 Å². The van der Waals surface area contributed by atoms with E-state index in [1.165, 1.54) is 44.1 Å². The van der Waals surface area contributed by atoms with E-state index in [1.54, 1.807) is 14.2 Å². The van der Waals surface area contributed by atoms with E-state index in [2.05, 4.69) is 85.2 Å². The lowest BCUT2D eigenvalue weighted by Crippen LogP contribution is -2.48. The molecule has 4 unspecified atom stereocenters. The molecule has 36 heavy (non-hydrogen) atoms. The predicted molar refractivity (Wildman–Crippen MR) is 143 cm³/mol. The van der Waals surface area contributed by atoms with Crippen LogP contribution in [-0.2, 0) is 9.47 Å². The van der Waals surface area contributed by atoms with Gasteiger partial charge < -0.3 is 14.2 Å². The van der Waals surface area contributed by atoms with Gasteiger partial charge in [0.05, 0.1) is 0 Å². The van der Waals surface area contributed by atoms with Crippen molar-refractivity contribution in [3.8, 4) is 5.75 Å². The Hall–Kier alpha value is -3.54. The molecule has 0 bridgehead atoms. The lowest BCUT2D eigenvalue weighted by Gasteiger charge is -2.36. The van der Waals surface area contributed by atoms with Gasteiger partial charge in [-0.05, 0) is 38.7 Å². The van der Waals surface area contributed by atoms with Gasteiger partial charge in [-0.3, -0.25) is 0 Å². The van der Waals surface area contributed by atoms with E-state index >= 15 is 0 Å². The van der Waals surface area contributed by atoms with Crippen molar-refractivity contribution in [3.05, 3.63) is 89.0 Å². The number of hydrogen-bond acceptors (Lipinski definition) is 4. The third-order valence-electron chi connectivity index (χ3n) is 8.01. The fourth-order valence-corrected chi connectivity index (χ4v) is 6.43. The van der Waals surface area contributed by atoms with Crippen LogP contribution in [0.1, 0.15) is 54.0 Å². The van der Waals surface area contributed by atoms with E-state index in [4.69, 9.17) is 19.2 Å². The molecule has 180 valence electrons. The van der Waals surface area contributed by atoms with Crippen molar-refractivity contribution < 1.29 is 18.8 Å². The molecule has 3 aliphatic heterocycles. The first-order valence-electron chi connectivity index (χ1n) is 12.6. The molecule has 0 saturated carbocycles. The first-order chi connectivity index (χ1) is 17.6. The SMILES string of the molecule is COC1c2c(cc(C(C)C)c3ccccc23)C2=[N+](C=NC3Oc4c(ccc5ccccc45)C23)C1OC. The molecule has 3 aliphatic rings. The molecule has 4 atom stereocenters. The van der Waals surface area contributed by atoms with E-state index in [0.717, 1.165) is 11.1 Å². The molecule has 0 amide bonds. The van der Waals surface area contributed by atoms with Gasteiger partial charge in [-0.25, -0.2) is 4.58 Å². The molecular weight excluding hydrogens is 448 g/mol. The number of aliphatic imine (C=N–C) groups is 1. The molecule has 0 aliphatic carbocycles. The highest BCUT2D eigenvalue weighted by Gasteiger charge is 2.52. The molecule has 0 radical (unpaired) electrons. The number of methoxy groups -OCH3 is 2. The van der Waals surface area contributed by atoms with Gasteiger partial charge in [-0.15, -0.1) is 0 Å². The third kappa shape index (κ3) is 2.84. The zero-order chi connectivity index (χ0) is 24.6. The average molecular weight is 478 g/mol. The highest BCUT2D eigenvalue weighted by molar-refractivity contribution is 6.11. The zero-order valence-corrected chi connectivity index (χ0v) is 20.9. The van der Waals surface area contributed by atoms with Crippen LogP contribution in [0.15, 0.2) is 71.7 Å². The Morgan fingerprint density at radius 2 is 1.64 bits per heavy atom. The Balaban J connectivity index is 1.56. The van der Waals surface area contributed by atoms with Crippen molar-refractivity contribution >= 4 is 33.6 Å². The van der Waals surface area contributed by atoms with Gasteiger partial charge in [0, 0.05) is 36.3 Å². The molecular formula is C31H29N2O3+. The van der Waals surface area contributed by atoms with Gasteiger partial charge in [-0.1, -0.05) is 74.5 Å². The Morgan fingerprint density at radius 3 is 2.39 bits per heavy atom. The normalized spacial score (nSPS) is 24.0. The number of rotatable bonds is 3. The van der Waals surface area contributed by atoms with Gasteiger partial charge in [0.25, 0.3) is 12.6 Å². The van der Waals surface area contributed by atoms with E-state index < -0.39 is 0 Å². The van der Waals surface area contributed by atoms with Gasteiger partial charge in [0.15, 0.2) is 0 Å². The predicted octanol–water partition coefficient (Wildman–Crippen LogP) is 6.14. The molecule has 0 N–H and O–H groups in total. The Kier molecular flexibility index (Phi) is 4.82. The molecule has 3 heterocycles. The Bertz CT molecular complexity index is 1600. The molecule has 0 aromatic heterocycles. The van der Waals surface area contributed by atoms with Crippen LogP contribution in [0.4, 0.5) is 0 Å². The van der Waals surface area contributed by atoms with Crippen LogP contribution in [0, 0.1) is 0 Å². The van der Waals surface area contributed by atoms with Gasteiger partial charge >= 0.3 is 0 Å². The van der Waals surface area contributed by atoms with E-state index in [0.29, 0.717) is 5.92 Å². The van der Waals surface area contributed by atoms with Crippen LogP contribution >= 0.6 is 0 Å². The summed E-state index contributed by atoms with van der Waals surface area (Å²) >= 11 is 0. The van der Waals surface area contributed by atoms with E-state index in [-0.39, 0.29) is 24.5 Å². The number of benzene rings is 4. The maximum Gasteiger partial charge on any atom is 0.293 e. The average Bonchev–Trinajstić information content (AvgIpc) is 3.30. The topological polar surface area (TPSA) is 43.1 Å². The number of ether oxygens (including phenoxy) is 3. The maximum atomic E-state index is 6.56. The molecule has 5 heteroatoms. The van der Waals surface area contributed by atoms with Crippen LogP contribution in [0.5, 0.6) is 5.75 Å². The third-order valence-corrected chi connectivity index (χ3v) is 8.01. The standard InChI is InChI=1S/C31H29N2O3/c1-17(2)23-15-24-25(21-12-8-7-11-20(21)23)29(34-3)31(35-4)33-16-32-30-26(27(24)33)22-14-13-18-9-5-6-10-19(18)28(22)36-30/h5-17,26,29-31H,1-4H3/q+1. The van der Waals surface area contributed by atoms with E-state index in [1.807, 2.05) is 6.34 Å². The van der Waals surface area contributed by atoms with Crippen LogP contribution in [0.3, 0.4) is 0 Å². The van der Waals surface area contributed by atoms with Crippen LogP contribution in [0.25, 0.3) is 21.5 Å². The fraction of sp³-hybridized carbons (Fsp3) is 0.290. The summed E-state index contributed by atoms with van der Waals surface area (Å²) in [5.74, 6) is 1.27. The summed E-state index contributed by atoms with van der Waals surface area (Å²) in [7, 11) is 3.51. The smallest absolute Gasteiger partial charge is 0.293 e. The first-order valence-corrected chi connectivity index (χ1v) is 12.6. The fourth-order valence-electron chi connectivity index (χ4n) is 6.43. The highest BCUT2D eigenvalue weighted by atomic mass is 16.5. The number of hydrogen-bond donors (Lipinski definition) is 0. The monoisotopic (exact) mass is 477 g/mol. The lowest BCUT2D eigenvalue weighted by atomic mass is 9.78. The van der Waals surface area contributed by atoms with Crippen LogP contribution < -0.4 is 4.74 Å². The van der Waals surface area contributed by atoms with Crippen molar-refractivity contribution in [2.45, 2.75) is 44.2 Å². The van der Waals surface area contributed by atoms with Gasteiger partial charge in [0.1, 0.15) is 23.5 Å². The Morgan fingerprint density at radius 1 is 0.889 bits per heavy atom. The molecule has 0 fully saturated rings. The molecule has 0 spiro atoms. The van der Waals surface area contributed by atoms with Crippen molar-refractivity contribution in [1.29, 1.82) is 0 Å². The summed E-state index contributed by atoms with van der Waals surface area (Å²) in [5, 5.41) is 4.79. The van der Waals surface area contributed by atoms with Gasteiger partial charge in [-0.2, -0.15) is 0 Å². The van der Waals surface area contributed by atoms with Crippen molar-refractivity contribution in [3.63, 3.8) is 0 Å². The largest absolute Gasteiger partial charge is 0.446 e. The summed E-state index contributed by atoms with van der Waals surface area (Å²) in [6.07, 6.45) is 0.981. The van der Waals surface area contributed by atoms with Gasteiger partial charge in [0.2, 0.25) is 6.23 Å². The Labute approximate surface area is 210 Å². The maximum absolute atomic E-state index is 6.56. The summed E-state index contributed by atoms with van der Waals surface area (Å²) in [6, 6.07) is 23.8. The minimum atomic E-state index is -0.333. The molecule has 7 rings (SSSR count). The highest BCUT2D eigenvalue weighted by Crippen LogP contribution is 2.49. The van der Waals surface area contributed by atoms with Crippen LogP contribution in [0.2, 0.25) is 0 Å². The number of nitrogens with zero attached hydrogens (tertiary/aromatic N) is 2. The second-order valence-corrected chi connectivity index (χ2v) is 10.2.